The van der Waals surface area contributed by atoms with E-state index in [0.29, 0.717) is 17.9 Å². The van der Waals surface area contributed by atoms with Gasteiger partial charge in [-0.1, -0.05) is 54.6 Å². The number of hydroxylamine groups is 2. The first kappa shape index (κ1) is 19.8. The number of imide groups is 1. The van der Waals surface area contributed by atoms with Gasteiger partial charge in [-0.25, -0.2) is 9.63 Å². The molecule has 0 N–H and O–H groups in total. The molecule has 6 heteroatoms. The van der Waals surface area contributed by atoms with Crippen LogP contribution in [0.3, 0.4) is 0 Å². The Morgan fingerprint density at radius 1 is 0.900 bits per heavy atom. The maximum absolute atomic E-state index is 12.5. The number of fused-ring (bicyclic) bond motifs is 2. The molecule has 0 aliphatic carbocycles. The van der Waals surface area contributed by atoms with Gasteiger partial charge >= 0.3 is 5.97 Å². The molecule has 1 heterocycles. The van der Waals surface area contributed by atoms with E-state index in [2.05, 4.69) is 30.3 Å². The number of hydrogen-bond donors (Lipinski definition) is 0. The van der Waals surface area contributed by atoms with E-state index < -0.39 is 23.9 Å². The molecule has 1 atom stereocenters. The number of amides is 2. The van der Waals surface area contributed by atoms with E-state index in [4.69, 9.17) is 9.57 Å². The molecule has 0 saturated carbocycles. The Morgan fingerprint density at radius 2 is 1.53 bits per heavy atom. The first-order chi connectivity index (χ1) is 14.6. The second kappa shape index (κ2) is 8.47. The minimum Gasteiger partial charge on any atom is -0.467 e. The minimum absolute atomic E-state index is 0.266. The Morgan fingerprint density at radius 3 is 2.20 bits per heavy atom. The largest absolute Gasteiger partial charge is 0.467 e. The van der Waals surface area contributed by atoms with E-state index in [1.165, 1.54) is 12.5 Å². The molecule has 0 radical (unpaired) electrons. The van der Waals surface area contributed by atoms with Gasteiger partial charge in [-0.15, -0.1) is 5.06 Å². The van der Waals surface area contributed by atoms with Crippen LogP contribution < -0.4 is 0 Å². The number of hydrogen-bond acceptors (Lipinski definition) is 5. The van der Waals surface area contributed by atoms with Gasteiger partial charge in [0.1, 0.15) is 0 Å². The minimum atomic E-state index is -1.04. The summed E-state index contributed by atoms with van der Waals surface area (Å²) in [6.45, 7) is 0. The summed E-state index contributed by atoms with van der Waals surface area (Å²) in [6, 6.07) is 20.8. The van der Waals surface area contributed by atoms with Crippen LogP contribution in [0.15, 0.2) is 66.7 Å². The normalized spacial score (nSPS) is 14.1. The highest BCUT2D eigenvalue weighted by atomic mass is 16.7. The van der Waals surface area contributed by atoms with Gasteiger partial charge in [0.05, 0.1) is 18.2 Å². The molecule has 0 aromatic heterocycles. The summed E-state index contributed by atoms with van der Waals surface area (Å²) < 4.78 is 4.82. The molecule has 3 aromatic rings. The standard InChI is InChI=1S/C24H21NO5/c1-29-24(28)21(30-25-22(26)19-10-4-5-11-20(19)23(25)27)12-6-7-16-13-14-17-8-2-3-9-18(17)15-16/h2-5,8-11,13-15,21H,6-7,12H2,1H3. The van der Waals surface area contributed by atoms with Gasteiger partial charge in [0, 0.05) is 0 Å². The molecule has 152 valence electrons. The van der Waals surface area contributed by atoms with Crippen molar-refractivity contribution in [2.75, 3.05) is 7.11 Å². The van der Waals surface area contributed by atoms with Crippen LogP contribution in [0.4, 0.5) is 0 Å². The number of carbonyl (C=O) groups excluding carboxylic acids is 3. The fourth-order valence-corrected chi connectivity index (χ4v) is 3.62. The van der Waals surface area contributed by atoms with Crippen molar-refractivity contribution in [3.63, 3.8) is 0 Å². The lowest BCUT2D eigenvalue weighted by Crippen LogP contribution is -2.38. The summed E-state index contributed by atoms with van der Waals surface area (Å²) >= 11 is 0. The van der Waals surface area contributed by atoms with E-state index in [1.54, 1.807) is 24.3 Å². The topological polar surface area (TPSA) is 72.9 Å². The zero-order chi connectivity index (χ0) is 21.1. The number of benzene rings is 3. The van der Waals surface area contributed by atoms with Crippen LogP contribution in [0, 0.1) is 0 Å². The molecule has 1 unspecified atom stereocenters. The van der Waals surface area contributed by atoms with Crippen molar-refractivity contribution < 1.29 is 24.0 Å². The van der Waals surface area contributed by atoms with E-state index in [-0.39, 0.29) is 11.1 Å². The fraction of sp³-hybridized carbons (Fsp3) is 0.208. The van der Waals surface area contributed by atoms with Gasteiger partial charge < -0.3 is 4.74 Å². The van der Waals surface area contributed by atoms with Gasteiger partial charge in [0.2, 0.25) is 0 Å². The van der Waals surface area contributed by atoms with Gasteiger partial charge in [0.15, 0.2) is 6.10 Å². The molecule has 0 bridgehead atoms. The van der Waals surface area contributed by atoms with Crippen LogP contribution in [0.1, 0.15) is 39.1 Å². The van der Waals surface area contributed by atoms with Crippen LogP contribution in [0.25, 0.3) is 10.8 Å². The summed E-state index contributed by atoms with van der Waals surface area (Å²) in [5.74, 6) is -1.76. The summed E-state index contributed by atoms with van der Waals surface area (Å²) in [5.41, 5.74) is 1.67. The molecule has 2 amide bonds. The van der Waals surface area contributed by atoms with Crippen molar-refractivity contribution >= 4 is 28.6 Å². The van der Waals surface area contributed by atoms with Crippen LogP contribution in [0.2, 0.25) is 0 Å². The maximum Gasteiger partial charge on any atom is 0.337 e. The van der Waals surface area contributed by atoms with Crippen molar-refractivity contribution in [2.24, 2.45) is 0 Å². The number of carbonyl (C=O) groups is 3. The van der Waals surface area contributed by atoms with Gasteiger partial charge in [-0.05, 0) is 47.7 Å². The molecule has 0 fully saturated rings. The number of rotatable bonds is 7. The van der Waals surface area contributed by atoms with Gasteiger partial charge in [-0.2, -0.15) is 0 Å². The Hall–Kier alpha value is -3.51. The van der Waals surface area contributed by atoms with E-state index >= 15 is 0 Å². The fourth-order valence-electron chi connectivity index (χ4n) is 3.62. The molecular formula is C24H21NO5. The number of esters is 1. The zero-order valence-corrected chi connectivity index (χ0v) is 16.5. The molecule has 1 aliphatic rings. The third kappa shape index (κ3) is 3.82. The maximum atomic E-state index is 12.5. The van der Waals surface area contributed by atoms with Crippen molar-refractivity contribution in [1.29, 1.82) is 0 Å². The van der Waals surface area contributed by atoms with Crippen LogP contribution in [0.5, 0.6) is 0 Å². The van der Waals surface area contributed by atoms with Gasteiger partial charge in [-0.3, -0.25) is 9.59 Å². The Kier molecular flexibility index (Phi) is 5.59. The summed E-state index contributed by atoms with van der Waals surface area (Å²) in [6.07, 6.45) is 0.621. The average molecular weight is 403 g/mol. The van der Waals surface area contributed by atoms with Crippen LogP contribution >= 0.6 is 0 Å². The highest BCUT2D eigenvalue weighted by Gasteiger charge is 2.39. The quantitative estimate of drug-likeness (QED) is 0.441. The number of aryl methyl sites for hydroxylation is 1. The van der Waals surface area contributed by atoms with Crippen LogP contribution in [-0.4, -0.2) is 36.1 Å². The second-order valence-corrected chi connectivity index (χ2v) is 7.14. The number of ether oxygens (including phenoxy) is 1. The van der Waals surface area contributed by atoms with Crippen molar-refractivity contribution in [3.05, 3.63) is 83.4 Å². The third-order valence-corrected chi connectivity index (χ3v) is 5.20. The highest BCUT2D eigenvalue weighted by Crippen LogP contribution is 2.25. The summed E-state index contributed by atoms with van der Waals surface area (Å²) in [5, 5.41) is 2.99. The van der Waals surface area contributed by atoms with Crippen molar-refractivity contribution in [1.82, 2.24) is 5.06 Å². The lowest BCUT2D eigenvalue weighted by Gasteiger charge is -2.20. The van der Waals surface area contributed by atoms with Crippen LogP contribution in [-0.2, 0) is 20.8 Å². The lowest BCUT2D eigenvalue weighted by molar-refractivity contribution is -0.178. The predicted molar refractivity (Wildman–Crippen MR) is 111 cm³/mol. The molecule has 1 aliphatic heterocycles. The highest BCUT2D eigenvalue weighted by molar-refractivity contribution is 6.20. The lowest BCUT2D eigenvalue weighted by atomic mass is 10.0. The summed E-state index contributed by atoms with van der Waals surface area (Å²) in [4.78, 5) is 42.7. The molecule has 30 heavy (non-hydrogen) atoms. The smallest absolute Gasteiger partial charge is 0.337 e. The number of nitrogens with zero attached hydrogens (tertiary/aromatic N) is 1. The first-order valence-corrected chi connectivity index (χ1v) is 9.78. The molecule has 4 rings (SSSR count). The second-order valence-electron chi connectivity index (χ2n) is 7.14. The average Bonchev–Trinajstić information content (AvgIpc) is 3.02. The van der Waals surface area contributed by atoms with E-state index in [0.717, 1.165) is 17.4 Å². The predicted octanol–water partition coefficient (Wildman–Crippen LogP) is 3.93. The third-order valence-electron chi connectivity index (χ3n) is 5.20. The molecular weight excluding hydrogens is 382 g/mol. The number of methoxy groups -OCH3 is 1. The SMILES string of the molecule is COC(=O)C(CCCc1ccc2ccccc2c1)ON1C(=O)c2ccccc2C1=O. The van der Waals surface area contributed by atoms with E-state index in [9.17, 15) is 14.4 Å². The van der Waals surface area contributed by atoms with E-state index in [1.807, 2.05) is 12.1 Å². The molecule has 6 nitrogen and oxygen atoms in total. The Bertz CT molecular complexity index is 1090. The monoisotopic (exact) mass is 403 g/mol. The molecule has 0 spiro atoms. The first-order valence-electron chi connectivity index (χ1n) is 9.78. The van der Waals surface area contributed by atoms with Gasteiger partial charge in [0.25, 0.3) is 11.8 Å². The Balaban J connectivity index is 1.42. The molecule has 0 saturated heterocycles. The Labute approximate surface area is 174 Å². The van der Waals surface area contributed by atoms with Crippen molar-refractivity contribution in [3.8, 4) is 0 Å². The zero-order valence-electron chi connectivity index (χ0n) is 16.5. The summed E-state index contributed by atoms with van der Waals surface area (Å²) in [7, 11) is 1.25. The molecule has 3 aromatic carbocycles. The van der Waals surface area contributed by atoms with Crippen molar-refractivity contribution in [2.45, 2.75) is 25.4 Å².